The number of benzene rings is 1. The van der Waals surface area contributed by atoms with Crippen LogP contribution in [0.1, 0.15) is 29.9 Å². The Morgan fingerprint density at radius 1 is 1.47 bits per heavy atom. The van der Waals surface area contributed by atoms with Gasteiger partial charge in [-0.15, -0.1) is 0 Å². The summed E-state index contributed by atoms with van der Waals surface area (Å²) in [7, 11) is 0. The second kappa shape index (κ2) is 6.27. The van der Waals surface area contributed by atoms with Crippen molar-refractivity contribution < 1.29 is 0 Å². The molecule has 0 saturated carbocycles. The SMILES string of the molecule is CCn1ncnc1CC(NN)c1cccc(Br)c1C. The van der Waals surface area contributed by atoms with Crippen LogP contribution in [0.4, 0.5) is 0 Å². The minimum atomic E-state index is 0.0204. The molecule has 0 amide bonds. The summed E-state index contributed by atoms with van der Waals surface area (Å²) in [6.07, 6.45) is 2.29. The number of aromatic nitrogens is 3. The Balaban J connectivity index is 2.28. The molecule has 0 saturated heterocycles. The topological polar surface area (TPSA) is 68.8 Å². The van der Waals surface area contributed by atoms with Crippen molar-refractivity contribution in [3.05, 3.63) is 46.0 Å². The lowest BCUT2D eigenvalue weighted by molar-refractivity contribution is 0.508. The molecular weight excluding hydrogens is 306 g/mol. The average molecular weight is 324 g/mol. The van der Waals surface area contributed by atoms with E-state index >= 15 is 0 Å². The van der Waals surface area contributed by atoms with E-state index in [1.54, 1.807) is 6.33 Å². The molecule has 102 valence electrons. The van der Waals surface area contributed by atoms with Gasteiger partial charge in [0.25, 0.3) is 0 Å². The van der Waals surface area contributed by atoms with Crippen LogP contribution in [-0.2, 0) is 13.0 Å². The summed E-state index contributed by atoms with van der Waals surface area (Å²) in [5.41, 5.74) is 5.23. The summed E-state index contributed by atoms with van der Waals surface area (Å²) in [5, 5.41) is 4.18. The van der Waals surface area contributed by atoms with Crippen LogP contribution in [0.25, 0.3) is 0 Å². The largest absolute Gasteiger partial charge is 0.271 e. The van der Waals surface area contributed by atoms with Gasteiger partial charge in [-0.3, -0.25) is 16.0 Å². The average Bonchev–Trinajstić information content (AvgIpc) is 2.87. The van der Waals surface area contributed by atoms with Crippen molar-refractivity contribution in [2.24, 2.45) is 5.84 Å². The Bertz CT molecular complexity index is 552. The Hall–Kier alpha value is -1.24. The van der Waals surface area contributed by atoms with E-state index < -0.39 is 0 Å². The van der Waals surface area contributed by atoms with Gasteiger partial charge in [0.05, 0.1) is 6.04 Å². The fourth-order valence-corrected chi connectivity index (χ4v) is 2.53. The third-order valence-corrected chi connectivity index (χ3v) is 4.13. The number of rotatable bonds is 5. The van der Waals surface area contributed by atoms with E-state index in [1.807, 2.05) is 23.7 Å². The van der Waals surface area contributed by atoms with E-state index in [4.69, 9.17) is 5.84 Å². The third-order valence-electron chi connectivity index (χ3n) is 3.27. The first-order chi connectivity index (χ1) is 9.17. The van der Waals surface area contributed by atoms with Crippen LogP contribution < -0.4 is 11.3 Å². The number of nitrogens with two attached hydrogens (primary N) is 1. The Labute approximate surface area is 121 Å². The number of aryl methyl sites for hydroxylation is 1. The lowest BCUT2D eigenvalue weighted by Gasteiger charge is -2.19. The molecule has 0 aliphatic heterocycles. The number of hydrogen-bond donors (Lipinski definition) is 2. The molecular formula is C13H18BrN5. The highest BCUT2D eigenvalue weighted by atomic mass is 79.9. The van der Waals surface area contributed by atoms with Crippen LogP contribution in [-0.4, -0.2) is 14.8 Å². The van der Waals surface area contributed by atoms with Gasteiger partial charge in [-0.25, -0.2) is 4.98 Å². The molecule has 6 heteroatoms. The second-order valence-electron chi connectivity index (χ2n) is 4.37. The van der Waals surface area contributed by atoms with E-state index in [1.165, 1.54) is 11.1 Å². The van der Waals surface area contributed by atoms with Gasteiger partial charge in [0.2, 0.25) is 0 Å². The van der Waals surface area contributed by atoms with Gasteiger partial charge in [-0.1, -0.05) is 28.1 Å². The minimum Gasteiger partial charge on any atom is -0.271 e. The second-order valence-corrected chi connectivity index (χ2v) is 5.22. The molecule has 3 N–H and O–H groups in total. The van der Waals surface area contributed by atoms with E-state index in [0.717, 1.165) is 16.8 Å². The highest BCUT2D eigenvalue weighted by Crippen LogP contribution is 2.26. The van der Waals surface area contributed by atoms with Crippen molar-refractivity contribution in [3.8, 4) is 0 Å². The minimum absolute atomic E-state index is 0.0204. The number of hydrogen-bond acceptors (Lipinski definition) is 4. The highest BCUT2D eigenvalue weighted by Gasteiger charge is 2.17. The first kappa shape index (κ1) is 14.2. The molecule has 1 heterocycles. The highest BCUT2D eigenvalue weighted by molar-refractivity contribution is 9.10. The normalized spacial score (nSPS) is 12.6. The third kappa shape index (κ3) is 3.02. The molecule has 19 heavy (non-hydrogen) atoms. The number of halogens is 1. The fraction of sp³-hybridized carbons (Fsp3) is 0.385. The molecule has 1 unspecified atom stereocenters. The van der Waals surface area contributed by atoms with Gasteiger partial charge in [0.1, 0.15) is 12.2 Å². The quantitative estimate of drug-likeness (QED) is 0.653. The van der Waals surface area contributed by atoms with Crippen molar-refractivity contribution in [1.29, 1.82) is 0 Å². The molecule has 0 aliphatic carbocycles. The summed E-state index contributed by atoms with van der Waals surface area (Å²) in [6, 6.07) is 6.14. The van der Waals surface area contributed by atoms with Crippen LogP contribution in [0.15, 0.2) is 29.0 Å². The lowest BCUT2D eigenvalue weighted by atomic mass is 9.99. The molecule has 2 rings (SSSR count). The van der Waals surface area contributed by atoms with Crippen LogP contribution in [0.2, 0.25) is 0 Å². The fourth-order valence-electron chi connectivity index (χ4n) is 2.15. The summed E-state index contributed by atoms with van der Waals surface area (Å²) < 4.78 is 2.97. The molecule has 0 spiro atoms. The molecule has 1 aromatic heterocycles. The lowest BCUT2D eigenvalue weighted by Crippen LogP contribution is -2.31. The summed E-state index contributed by atoms with van der Waals surface area (Å²) in [4.78, 5) is 4.30. The Morgan fingerprint density at radius 2 is 2.26 bits per heavy atom. The summed E-state index contributed by atoms with van der Waals surface area (Å²) >= 11 is 3.55. The van der Waals surface area contributed by atoms with Gasteiger partial charge in [-0.05, 0) is 31.0 Å². The predicted molar refractivity (Wildman–Crippen MR) is 78.3 cm³/mol. The van der Waals surface area contributed by atoms with Gasteiger partial charge in [-0.2, -0.15) is 5.10 Å². The van der Waals surface area contributed by atoms with E-state index in [2.05, 4.69) is 44.4 Å². The van der Waals surface area contributed by atoms with E-state index in [-0.39, 0.29) is 6.04 Å². The zero-order valence-electron chi connectivity index (χ0n) is 11.1. The maximum absolute atomic E-state index is 5.71. The maximum atomic E-state index is 5.71. The van der Waals surface area contributed by atoms with Crippen LogP contribution >= 0.6 is 15.9 Å². The van der Waals surface area contributed by atoms with Crippen molar-refractivity contribution in [1.82, 2.24) is 20.2 Å². The van der Waals surface area contributed by atoms with Gasteiger partial charge in [0, 0.05) is 17.4 Å². The number of nitrogens with one attached hydrogen (secondary N) is 1. The van der Waals surface area contributed by atoms with Gasteiger partial charge >= 0.3 is 0 Å². The zero-order chi connectivity index (χ0) is 13.8. The summed E-state index contributed by atoms with van der Waals surface area (Å²) in [5.74, 6) is 6.64. The first-order valence-corrected chi connectivity index (χ1v) is 7.04. The van der Waals surface area contributed by atoms with Crippen LogP contribution in [0.3, 0.4) is 0 Å². The number of hydrazine groups is 1. The zero-order valence-corrected chi connectivity index (χ0v) is 12.7. The molecule has 5 nitrogen and oxygen atoms in total. The molecule has 0 fully saturated rings. The molecule has 0 bridgehead atoms. The first-order valence-electron chi connectivity index (χ1n) is 6.25. The molecule has 0 radical (unpaired) electrons. The van der Waals surface area contributed by atoms with Gasteiger partial charge < -0.3 is 0 Å². The Kier molecular flexibility index (Phi) is 4.68. The Morgan fingerprint density at radius 3 is 2.95 bits per heavy atom. The van der Waals surface area contributed by atoms with Crippen molar-refractivity contribution >= 4 is 15.9 Å². The van der Waals surface area contributed by atoms with Crippen LogP contribution in [0.5, 0.6) is 0 Å². The van der Waals surface area contributed by atoms with Crippen molar-refractivity contribution in [2.45, 2.75) is 32.9 Å². The monoisotopic (exact) mass is 323 g/mol. The molecule has 1 atom stereocenters. The number of nitrogens with zero attached hydrogens (tertiary/aromatic N) is 3. The van der Waals surface area contributed by atoms with Crippen molar-refractivity contribution in [2.75, 3.05) is 0 Å². The summed E-state index contributed by atoms with van der Waals surface area (Å²) in [6.45, 7) is 4.94. The molecule has 2 aromatic rings. The van der Waals surface area contributed by atoms with E-state index in [9.17, 15) is 0 Å². The maximum Gasteiger partial charge on any atom is 0.138 e. The van der Waals surface area contributed by atoms with Crippen molar-refractivity contribution in [3.63, 3.8) is 0 Å². The van der Waals surface area contributed by atoms with E-state index in [0.29, 0.717) is 6.42 Å². The molecule has 0 aliphatic rings. The standard InChI is InChI=1S/C13H18BrN5/c1-3-19-13(16-8-17-19)7-12(18-15)10-5-4-6-11(14)9(10)2/h4-6,8,12,18H,3,7,15H2,1-2H3. The predicted octanol–water partition coefficient (Wildman–Crippen LogP) is 2.12. The van der Waals surface area contributed by atoms with Gasteiger partial charge in [0.15, 0.2) is 0 Å². The molecule has 1 aromatic carbocycles. The van der Waals surface area contributed by atoms with Crippen LogP contribution in [0, 0.1) is 6.92 Å². The smallest absolute Gasteiger partial charge is 0.138 e.